The monoisotopic (exact) mass is 266 g/mol. The Labute approximate surface area is 112 Å². The number of halogens is 1. The van der Waals surface area contributed by atoms with Crippen LogP contribution in [0.15, 0.2) is 24.7 Å². The molecule has 1 N–H and O–H groups in total. The number of alkyl halides is 1. The number of aromatic nitrogens is 3. The average molecular weight is 267 g/mol. The molecular formula is C13H19ClN4. The van der Waals surface area contributed by atoms with Gasteiger partial charge in [-0.05, 0) is 12.0 Å². The van der Waals surface area contributed by atoms with Gasteiger partial charge in [0.25, 0.3) is 0 Å². The molecule has 2 aromatic heterocycles. The van der Waals surface area contributed by atoms with E-state index < -0.39 is 0 Å². The van der Waals surface area contributed by atoms with Gasteiger partial charge in [-0.15, -0.1) is 11.6 Å². The maximum absolute atomic E-state index is 6.41. The zero-order chi connectivity index (χ0) is 13.0. The molecule has 98 valence electrons. The van der Waals surface area contributed by atoms with Crippen LogP contribution in [0, 0.1) is 5.92 Å². The number of hydrogen-bond donors (Lipinski definition) is 1. The standard InChI is InChI=1S/C13H19ClN4/c1-3-10(4-2)11(14)9-16-13-12-5-6-17-18(12)8-7-15-13/h5-8,10-11H,3-4,9H2,1-2H3,(H,15,16). The highest BCUT2D eigenvalue weighted by Crippen LogP contribution is 2.20. The minimum absolute atomic E-state index is 0.130. The first-order valence-corrected chi connectivity index (χ1v) is 6.86. The van der Waals surface area contributed by atoms with Crippen molar-refractivity contribution in [2.45, 2.75) is 32.1 Å². The third-order valence-corrected chi connectivity index (χ3v) is 3.86. The molecule has 2 aromatic rings. The van der Waals surface area contributed by atoms with Gasteiger partial charge in [0.2, 0.25) is 0 Å². The molecule has 0 aliphatic heterocycles. The smallest absolute Gasteiger partial charge is 0.152 e. The lowest BCUT2D eigenvalue weighted by atomic mass is 9.99. The normalized spacial score (nSPS) is 13.1. The fraction of sp³-hybridized carbons (Fsp3) is 0.538. The van der Waals surface area contributed by atoms with Gasteiger partial charge in [0.15, 0.2) is 5.82 Å². The second-order valence-electron chi connectivity index (χ2n) is 4.41. The van der Waals surface area contributed by atoms with E-state index in [9.17, 15) is 0 Å². The SMILES string of the molecule is CCC(CC)C(Cl)CNc1nccn2nccc12. The quantitative estimate of drug-likeness (QED) is 0.817. The van der Waals surface area contributed by atoms with E-state index in [0.717, 1.165) is 30.7 Å². The zero-order valence-electron chi connectivity index (χ0n) is 10.8. The predicted molar refractivity (Wildman–Crippen MR) is 75.2 cm³/mol. The molecule has 0 aromatic carbocycles. The van der Waals surface area contributed by atoms with Crippen LogP contribution in [0.25, 0.3) is 5.52 Å². The Kier molecular flexibility index (Phi) is 4.42. The molecule has 0 radical (unpaired) electrons. The molecule has 0 aliphatic carbocycles. The first-order chi connectivity index (χ1) is 8.76. The third kappa shape index (κ3) is 2.75. The molecule has 0 aliphatic rings. The van der Waals surface area contributed by atoms with E-state index in [1.807, 2.05) is 12.3 Å². The number of nitrogens with one attached hydrogen (secondary N) is 1. The van der Waals surface area contributed by atoms with Gasteiger partial charge in [-0.3, -0.25) is 0 Å². The van der Waals surface area contributed by atoms with Crippen LogP contribution >= 0.6 is 11.6 Å². The number of nitrogens with zero attached hydrogens (tertiary/aromatic N) is 3. The predicted octanol–water partition coefficient (Wildman–Crippen LogP) is 3.18. The second-order valence-corrected chi connectivity index (χ2v) is 4.97. The zero-order valence-corrected chi connectivity index (χ0v) is 11.6. The Bertz CT molecular complexity index is 492. The highest BCUT2D eigenvalue weighted by atomic mass is 35.5. The van der Waals surface area contributed by atoms with Crippen molar-refractivity contribution in [2.24, 2.45) is 5.92 Å². The van der Waals surface area contributed by atoms with E-state index in [0.29, 0.717) is 5.92 Å². The van der Waals surface area contributed by atoms with Crippen LogP contribution in [0.3, 0.4) is 0 Å². The lowest BCUT2D eigenvalue weighted by Gasteiger charge is -2.19. The van der Waals surface area contributed by atoms with Crippen LogP contribution in [-0.4, -0.2) is 26.5 Å². The Morgan fingerprint density at radius 1 is 1.33 bits per heavy atom. The van der Waals surface area contributed by atoms with Crippen LogP contribution in [0.4, 0.5) is 5.82 Å². The van der Waals surface area contributed by atoms with Crippen molar-refractivity contribution in [3.05, 3.63) is 24.7 Å². The number of hydrogen-bond acceptors (Lipinski definition) is 3. The topological polar surface area (TPSA) is 42.2 Å². The first kappa shape index (κ1) is 13.1. The maximum atomic E-state index is 6.41. The van der Waals surface area contributed by atoms with Crippen molar-refractivity contribution >= 4 is 22.9 Å². The molecule has 0 fully saturated rings. The van der Waals surface area contributed by atoms with Crippen molar-refractivity contribution in [2.75, 3.05) is 11.9 Å². The van der Waals surface area contributed by atoms with Crippen LogP contribution in [0.2, 0.25) is 0 Å². The molecule has 0 saturated heterocycles. The molecule has 0 saturated carbocycles. The molecule has 1 atom stereocenters. The van der Waals surface area contributed by atoms with E-state index in [2.05, 4.69) is 29.2 Å². The summed E-state index contributed by atoms with van der Waals surface area (Å²) in [6.07, 6.45) is 7.55. The number of anilines is 1. The largest absolute Gasteiger partial charge is 0.367 e. The van der Waals surface area contributed by atoms with E-state index in [4.69, 9.17) is 11.6 Å². The molecule has 1 unspecified atom stereocenters. The molecule has 18 heavy (non-hydrogen) atoms. The average Bonchev–Trinajstić information content (AvgIpc) is 2.86. The van der Waals surface area contributed by atoms with E-state index in [1.165, 1.54) is 0 Å². The fourth-order valence-electron chi connectivity index (χ4n) is 2.15. The van der Waals surface area contributed by atoms with Gasteiger partial charge in [-0.2, -0.15) is 5.10 Å². The van der Waals surface area contributed by atoms with Crippen LogP contribution < -0.4 is 5.32 Å². The third-order valence-electron chi connectivity index (χ3n) is 3.35. The van der Waals surface area contributed by atoms with Gasteiger partial charge in [0.1, 0.15) is 5.52 Å². The van der Waals surface area contributed by atoms with Gasteiger partial charge in [0, 0.05) is 18.9 Å². The maximum Gasteiger partial charge on any atom is 0.152 e. The summed E-state index contributed by atoms with van der Waals surface area (Å²) in [5.41, 5.74) is 0.978. The van der Waals surface area contributed by atoms with Gasteiger partial charge in [-0.25, -0.2) is 9.50 Å². The van der Waals surface area contributed by atoms with Gasteiger partial charge in [0.05, 0.1) is 11.6 Å². The second kappa shape index (κ2) is 6.05. The highest BCUT2D eigenvalue weighted by molar-refractivity contribution is 6.21. The molecule has 2 heterocycles. The van der Waals surface area contributed by atoms with E-state index in [1.54, 1.807) is 16.9 Å². The fourth-order valence-corrected chi connectivity index (χ4v) is 2.59. The summed E-state index contributed by atoms with van der Waals surface area (Å²) in [7, 11) is 0. The summed E-state index contributed by atoms with van der Waals surface area (Å²) >= 11 is 6.41. The summed E-state index contributed by atoms with van der Waals surface area (Å²) in [5, 5.41) is 7.63. The lowest BCUT2D eigenvalue weighted by molar-refractivity contribution is 0.475. The molecular weight excluding hydrogens is 248 g/mol. The van der Waals surface area contributed by atoms with E-state index >= 15 is 0 Å². The summed E-state index contributed by atoms with van der Waals surface area (Å²) in [6, 6.07) is 1.94. The van der Waals surface area contributed by atoms with Crippen molar-refractivity contribution in [3.63, 3.8) is 0 Å². The molecule has 5 heteroatoms. The van der Waals surface area contributed by atoms with E-state index in [-0.39, 0.29) is 5.38 Å². The van der Waals surface area contributed by atoms with Crippen molar-refractivity contribution in [1.29, 1.82) is 0 Å². The summed E-state index contributed by atoms with van der Waals surface area (Å²) in [6.45, 7) is 5.09. The minimum Gasteiger partial charge on any atom is -0.367 e. The van der Waals surface area contributed by atoms with Crippen LogP contribution in [-0.2, 0) is 0 Å². The Hall–Kier alpha value is -1.29. The Morgan fingerprint density at radius 2 is 2.11 bits per heavy atom. The molecule has 0 bridgehead atoms. The lowest BCUT2D eigenvalue weighted by Crippen LogP contribution is -2.23. The summed E-state index contributed by atoms with van der Waals surface area (Å²) < 4.78 is 1.80. The van der Waals surface area contributed by atoms with Gasteiger partial charge < -0.3 is 5.32 Å². The summed E-state index contributed by atoms with van der Waals surface area (Å²) in [4.78, 5) is 4.33. The molecule has 4 nitrogen and oxygen atoms in total. The molecule has 0 amide bonds. The van der Waals surface area contributed by atoms with Crippen molar-refractivity contribution in [3.8, 4) is 0 Å². The molecule has 2 rings (SSSR count). The number of rotatable bonds is 6. The molecule has 0 spiro atoms. The highest BCUT2D eigenvalue weighted by Gasteiger charge is 2.16. The van der Waals surface area contributed by atoms with Gasteiger partial charge in [-0.1, -0.05) is 26.7 Å². The Balaban J connectivity index is 2.04. The van der Waals surface area contributed by atoms with Crippen molar-refractivity contribution in [1.82, 2.24) is 14.6 Å². The van der Waals surface area contributed by atoms with Crippen molar-refractivity contribution < 1.29 is 0 Å². The van der Waals surface area contributed by atoms with Gasteiger partial charge >= 0.3 is 0 Å². The summed E-state index contributed by atoms with van der Waals surface area (Å²) in [5.74, 6) is 1.38. The van der Waals surface area contributed by atoms with Crippen LogP contribution in [0.1, 0.15) is 26.7 Å². The Morgan fingerprint density at radius 3 is 2.83 bits per heavy atom. The van der Waals surface area contributed by atoms with Crippen LogP contribution in [0.5, 0.6) is 0 Å². The first-order valence-electron chi connectivity index (χ1n) is 6.42. The minimum atomic E-state index is 0.130. The number of fused-ring (bicyclic) bond motifs is 1.